The number of nitrogens with zero attached hydrogens (tertiary/aromatic N) is 3. The van der Waals surface area contributed by atoms with Crippen molar-refractivity contribution in [2.24, 2.45) is 0 Å². The number of nitrogens with one attached hydrogen (secondary N) is 2. The molecule has 8 heteroatoms. The smallest absolute Gasteiger partial charge is 0.329 e. The highest BCUT2D eigenvalue weighted by molar-refractivity contribution is 5.66. The van der Waals surface area contributed by atoms with Crippen LogP contribution >= 0.6 is 0 Å². The lowest BCUT2D eigenvalue weighted by Gasteiger charge is -2.09. The Labute approximate surface area is 120 Å². The molecule has 21 heavy (non-hydrogen) atoms. The van der Waals surface area contributed by atoms with Crippen LogP contribution in [0.1, 0.15) is 12.5 Å². The van der Waals surface area contributed by atoms with Crippen molar-refractivity contribution in [3.63, 3.8) is 0 Å². The zero-order chi connectivity index (χ0) is 15.4. The van der Waals surface area contributed by atoms with Crippen LogP contribution in [0.3, 0.4) is 0 Å². The Bertz CT molecular complexity index is 678. The molecule has 0 aliphatic rings. The van der Waals surface area contributed by atoms with E-state index in [0.717, 1.165) is 6.20 Å². The first-order valence-corrected chi connectivity index (χ1v) is 6.29. The van der Waals surface area contributed by atoms with E-state index in [1.165, 1.54) is 12.1 Å². The van der Waals surface area contributed by atoms with Crippen LogP contribution in [0.2, 0.25) is 0 Å². The second kappa shape index (κ2) is 6.12. The normalized spacial score (nSPS) is 10.2. The molecular formula is C13H14FN5O2. The van der Waals surface area contributed by atoms with Gasteiger partial charge in [0.1, 0.15) is 12.0 Å². The highest BCUT2D eigenvalue weighted by atomic mass is 19.1. The topological polar surface area (TPSA) is 93.0 Å². The number of aromatic nitrogens is 2. The maximum atomic E-state index is 13.2. The predicted octanol–water partition coefficient (Wildman–Crippen LogP) is 3.01. The van der Waals surface area contributed by atoms with E-state index in [9.17, 15) is 14.5 Å². The molecule has 0 amide bonds. The number of rotatable bonds is 5. The van der Waals surface area contributed by atoms with Gasteiger partial charge in [0.05, 0.1) is 4.92 Å². The fourth-order valence-electron chi connectivity index (χ4n) is 1.70. The van der Waals surface area contributed by atoms with Crippen LogP contribution in [0.15, 0.2) is 24.4 Å². The molecule has 0 saturated carbocycles. The third-order valence-corrected chi connectivity index (χ3v) is 2.72. The lowest BCUT2D eigenvalue weighted by atomic mass is 10.2. The van der Waals surface area contributed by atoms with Gasteiger partial charge in [0.25, 0.3) is 0 Å². The van der Waals surface area contributed by atoms with E-state index in [1.54, 1.807) is 13.0 Å². The summed E-state index contributed by atoms with van der Waals surface area (Å²) in [6, 6.07) is 4.32. The molecule has 0 aliphatic heterocycles. The van der Waals surface area contributed by atoms with Gasteiger partial charge in [-0.15, -0.1) is 0 Å². The summed E-state index contributed by atoms with van der Waals surface area (Å²) in [7, 11) is 0. The van der Waals surface area contributed by atoms with E-state index < -0.39 is 4.92 Å². The fraction of sp³-hybridized carbons (Fsp3) is 0.231. The van der Waals surface area contributed by atoms with Gasteiger partial charge in [0.2, 0.25) is 11.8 Å². The summed E-state index contributed by atoms with van der Waals surface area (Å²) in [4.78, 5) is 18.4. The van der Waals surface area contributed by atoms with Gasteiger partial charge >= 0.3 is 5.69 Å². The Morgan fingerprint density at radius 3 is 2.81 bits per heavy atom. The second-order valence-electron chi connectivity index (χ2n) is 4.30. The van der Waals surface area contributed by atoms with Crippen LogP contribution in [0.25, 0.3) is 0 Å². The van der Waals surface area contributed by atoms with Gasteiger partial charge in [-0.3, -0.25) is 10.1 Å². The van der Waals surface area contributed by atoms with E-state index >= 15 is 0 Å². The van der Waals surface area contributed by atoms with Crippen LogP contribution in [-0.2, 0) is 0 Å². The Morgan fingerprint density at radius 2 is 2.19 bits per heavy atom. The van der Waals surface area contributed by atoms with Gasteiger partial charge in [-0.2, -0.15) is 4.98 Å². The summed E-state index contributed by atoms with van der Waals surface area (Å²) in [6.07, 6.45) is 1.13. The van der Waals surface area contributed by atoms with Crippen molar-refractivity contribution in [1.82, 2.24) is 9.97 Å². The minimum Gasteiger partial charge on any atom is -0.354 e. The van der Waals surface area contributed by atoms with Crippen molar-refractivity contribution in [2.45, 2.75) is 13.8 Å². The molecule has 110 valence electrons. The number of halogens is 1. The zero-order valence-corrected chi connectivity index (χ0v) is 11.6. The number of anilines is 3. The van der Waals surface area contributed by atoms with Crippen molar-refractivity contribution < 1.29 is 9.31 Å². The minimum absolute atomic E-state index is 0.0527. The van der Waals surface area contributed by atoms with Gasteiger partial charge in [-0.1, -0.05) is 0 Å². The van der Waals surface area contributed by atoms with E-state index in [2.05, 4.69) is 20.6 Å². The highest BCUT2D eigenvalue weighted by Gasteiger charge is 2.17. The molecule has 0 fully saturated rings. The zero-order valence-electron chi connectivity index (χ0n) is 11.6. The number of aryl methyl sites for hydroxylation is 1. The molecule has 0 radical (unpaired) electrons. The molecule has 2 rings (SSSR count). The summed E-state index contributed by atoms with van der Waals surface area (Å²) in [5.74, 6) is -0.00697. The molecule has 0 spiro atoms. The quantitative estimate of drug-likeness (QED) is 0.649. The summed E-state index contributed by atoms with van der Waals surface area (Å²) in [5.41, 5.74) is 0.695. The summed E-state index contributed by atoms with van der Waals surface area (Å²) in [5, 5.41) is 16.7. The van der Waals surface area contributed by atoms with Crippen LogP contribution in [0, 0.1) is 22.9 Å². The highest BCUT2D eigenvalue weighted by Crippen LogP contribution is 2.26. The van der Waals surface area contributed by atoms with E-state index in [-0.39, 0.29) is 23.3 Å². The molecule has 0 saturated heterocycles. The molecule has 1 aromatic carbocycles. The van der Waals surface area contributed by atoms with E-state index in [1.807, 2.05) is 6.92 Å². The minimum atomic E-state index is -0.575. The van der Waals surface area contributed by atoms with Crippen molar-refractivity contribution in [2.75, 3.05) is 17.2 Å². The van der Waals surface area contributed by atoms with Crippen molar-refractivity contribution in [3.8, 4) is 0 Å². The lowest BCUT2D eigenvalue weighted by Crippen LogP contribution is -2.06. The Hall–Kier alpha value is -2.77. The van der Waals surface area contributed by atoms with Crippen molar-refractivity contribution >= 4 is 23.1 Å². The molecule has 1 heterocycles. The SMILES string of the molecule is CCNc1ncc([N+](=O)[O-])c(Nc2ccc(F)c(C)c2)n1. The molecule has 7 nitrogen and oxygen atoms in total. The van der Waals surface area contributed by atoms with Crippen LogP contribution in [-0.4, -0.2) is 21.4 Å². The maximum absolute atomic E-state index is 13.2. The second-order valence-corrected chi connectivity index (χ2v) is 4.30. The molecule has 0 bridgehead atoms. The largest absolute Gasteiger partial charge is 0.354 e. The van der Waals surface area contributed by atoms with Gasteiger partial charge in [0, 0.05) is 12.2 Å². The fourth-order valence-corrected chi connectivity index (χ4v) is 1.70. The van der Waals surface area contributed by atoms with Gasteiger partial charge in [-0.25, -0.2) is 9.37 Å². The number of nitro groups is 1. The Kier molecular flexibility index (Phi) is 4.27. The first-order valence-electron chi connectivity index (χ1n) is 6.29. The number of hydrogen-bond acceptors (Lipinski definition) is 6. The third kappa shape index (κ3) is 3.41. The number of hydrogen-bond donors (Lipinski definition) is 2. The van der Waals surface area contributed by atoms with Crippen LogP contribution in [0.5, 0.6) is 0 Å². The van der Waals surface area contributed by atoms with Gasteiger partial charge in [0.15, 0.2) is 0 Å². The number of benzene rings is 1. The average Bonchev–Trinajstić information content (AvgIpc) is 2.43. The Balaban J connectivity index is 2.37. The van der Waals surface area contributed by atoms with E-state index in [0.29, 0.717) is 17.8 Å². The summed E-state index contributed by atoms with van der Waals surface area (Å²) >= 11 is 0. The first kappa shape index (κ1) is 14.6. The van der Waals surface area contributed by atoms with Crippen LogP contribution in [0.4, 0.5) is 27.5 Å². The maximum Gasteiger partial charge on any atom is 0.329 e. The predicted molar refractivity (Wildman–Crippen MR) is 77.3 cm³/mol. The van der Waals surface area contributed by atoms with Gasteiger partial charge < -0.3 is 10.6 Å². The third-order valence-electron chi connectivity index (χ3n) is 2.72. The Morgan fingerprint density at radius 1 is 1.43 bits per heavy atom. The first-order chi connectivity index (χ1) is 10.0. The molecule has 0 unspecified atom stereocenters. The molecular weight excluding hydrogens is 277 g/mol. The van der Waals surface area contributed by atoms with Crippen LogP contribution < -0.4 is 10.6 Å². The van der Waals surface area contributed by atoms with E-state index in [4.69, 9.17) is 0 Å². The average molecular weight is 291 g/mol. The standard InChI is InChI=1S/C13H14FN5O2/c1-3-15-13-16-7-11(19(20)21)12(18-13)17-9-4-5-10(14)8(2)6-9/h4-7H,3H2,1-2H3,(H2,15,16,17,18). The molecule has 0 atom stereocenters. The monoisotopic (exact) mass is 291 g/mol. The van der Waals surface area contributed by atoms with Crippen molar-refractivity contribution in [3.05, 3.63) is 45.9 Å². The van der Waals surface area contributed by atoms with Crippen molar-refractivity contribution in [1.29, 1.82) is 0 Å². The summed E-state index contributed by atoms with van der Waals surface area (Å²) < 4.78 is 13.2. The summed E-state index contributed by atoms with van der Waals surface area (Å²) in [6.45, 7) is 4.06. The molecule has 2 aromatic rings. The molecule has 1 aromatic heterocycles. The lowest BCUT2D eigenvalue weighted by molar-refractivity contribution is -0.384. The molecule has 2 N–H and O–H groups in total. The molecule has 0 aliphatic carbocycles. The van der Waals surface area contributed by atoms with Gasteiger partial charge in [-0.05, 0) is 37.6 Å².